The van der Waals surface area contributed by atoms with Gasteiger partial charge in [-0.15, -0.1) is 0 Å². The Morgan fingerprint density at radius 3 is 2.19 bits per heavy atom. The minimum absolute atomic E-state index is 0.180. The van der Waals surface area contributed by atoms with Crippen LogP contribution in [0, 0.1) is 0 Å². The topological polar surface area (TPSA) is 116 Å². The van der Waals surface area contributed by atoms with Crippen LogP contribution in [-0.2, 0) is 15.0 Å². The Kier molecular flexibility index (Phi) is 5.33. The highest BCUT2D eigenvalue weighted by molar-refractivity contribution is 7.87. The van der Waals surface area contributed by atoms with Gasteiger partial charge < -0.3 is 10.2 Å². The maximum absolute atomic E-state index is 11.5. The second-order valence-electron chi connectivity index (χ2n) is 4.38. The zero-order chi connectivity index (χ0) is 13.0. The number of aliphatic hydroxyl groups is 1. The van der Waals surface area contributed by atoms with Crippen molar-refractivity contribution in [2.45, 2.75) is 38.8 Å². The monoisotopic (exact) mass is 254 g/mol. The van der Waals surface area contributed by atoms with E-state index in [0.29, 0.717) is 0 Å². The van der Waals surface area contributed by atoms with Crippen LogP contribution in [0.1, 0.15) is 27.2 Å². The van der Waals surface area contributed by atoms with Gasteiger partial charge in [-0.05, 0) is 27.2 Å². The molecule has 0 spiro atoms. The van der Waals surface area contributed by atoms with E-state index >= 15 is 0 Å². The highest BCUT2D eigenvalue weighted by atomic mass is 32.2. The molecule has 0 unspecified atom stereocenters. The third kappa shape index (κ3) is 6.72. The van der Waals surface area contributed by atoms with E-state index in [2.05, 4.69) is 4.72 Å². The standard InChI is InChI=1S/C8H18N2O5S/c1-8(2,3)10-16(14,15)9-6(4-5-11)7(12)13/h6,9-11H,4-5H2,1-3H3,(H,12,13)/t6-/m0/s1. The first-order valence-electron chi connectivity index (χ1n) is 4.72. The molecule has 96 valence electrons. The molecule has 0 aromatic rings. The summed E-state index contributed by atoms with van der Waals surface area (Å²) in [7, 11) is -3.90. The van der Waals surface area contributed by atoms with Gasteiger partial charge in [-0.3, -0.25) is 4.79 Å². The Morgan fingerprint density at radius 1 is 1.38 bits per heavy atom. The maximum atomic E-state index is 11.5. The molecule has 4 N–H and O–H groups in total. The predicted molar refractivity (Wildman–Crippen MR) is 58.1 cm³/mol. The zero-order valence-electron chi connectivity index (χ0n) is 9.52. The molecule has 0 saturated heterocycles. The average molecular weight is 254 g/mol. The van der Waals surface area contributed by atoms with Crippen molar-refractivity contribution in [2.75, 3.05) is 6.61 Å². The molecule has 0 rings (SSSR count). The van der Waals surface area contributed by atoms with Gasteiger partial charge in [0.05, 0.1) is 0 Å². The number of aliphatic carboxylic acids is 1. The van der Waals surface area contributed by atoms with Crippen LogP contribution in [0.4, 0.5) is 0 Å². The number of carboxylic acids is 1. The second-order valence-corrected chi connectivity index (χ2v) is 5.82. The zero-order valence-corrected chi connectivity index (χ0v) is 10.3. The van der Waals surface area contributed by atoms with Gasteiger partial charge in [0.1, 0.15) is 6.04 Å². The van der Waals surface area contributed by atoms with E-state index in [4.69, 9.17) is 10.2 Å². The van der Waals surface area contributed by atoms with Crippen molar-refractivity contribution < 1.29 is 23.4 Å². The molecule has 0 aliphatic rings. The maximum Gasteiger partial charge on any atom is 0.321 e. The lowest BCUT2D eigenvalue weighted by Crippen LogP contribution is -2.52. The van der Waals surface area contributed by atoms with Gasteiger partial charge in [0.2, 0.25) is 0 Å². The number of nitrogens with one attached hydrogen (secondary N) is 2. The minimum Gasteiger partial charge on any atom is -0.480 e. The molecule has 1 atom stereocenters. The Morgan fingerprint density at radius 2 is 1.88 bits per heavy atom. The first-order valence-corrected chi connectivity index (χ1v) is 6.20. The van der Waals surface area contributed by atoms with Crippen LogP contribution in [0.5, 0.6) is 0 Å². The smallest absolute Gasteiger partial charge is 0.321 e. The van der Waals surface area contributed by atoms with Crippen LogP contribution >= 0.6 is 0 Å². The number of carbonyl (C=O) groups is 1. The van der Waals surface area contributed by atoms with Crippen LogP contribution < -0.4 is 9.44 Å². The fraction of sp³-hybridized carbons (Fsp3) is 0.875. The summed E-state index contributed by atoms with van der Waals surface area (Å²) >= 11 is 0. The predicted octanol–water partition coefficient (Wildman–Crippen LogP) is -0.955. The fourth-order valence-electron chi connectivity index (χ4n) is 0.982. The van der Waals surface area contributed by atoms with E-state index in [9.17, 15) is 13.2 Å². The summed E-state index contributed by atoms with van der Waals surface area (Å²) in [6.07, 6.45) is -0.180. The second kappa shape index (κ2) is 5.58. The van der Waals surface area contributed by atoms with E-state index in [1.165, 1.54) is 0 Å². The van der Waals surface area contributed by atoms with Gasteiger partial charge in [0, 0.05) is 12.1 Å². The fourth-order valence-corrected chi connectivity index (χ4v) is 2.44. The van der Waals surface area contributed by atoms with E-state index in [1.807, 2.05) is 4.72 Å². The van der Waals surface area contributed by atoms with E-state index in [-0.39, 0.29) is 6.42 Å². The molecule has 0 aromatic heterocycles. The van der Waals surface area contributed by atoms with Crippen LogP contribution in [0.15, 0.2) is 0 Å². The number of hydrogen-bond acceptors (Lipinski definition) is 4. The van der Waals surface area contributed by atoms with Crippen molar-refractivity contribution in [1.82, 2.24) is 9.44 Å². The molecule has 8 heteroatoms. The van der Waals surface area contributed by atoms with Crippen molar-refractivity contribution in [1.29, 1.82) is 0 Å². The lowest BCUT2D eigenvalue weighted by Gasteiger charge is -2.22. The van der Waals surface area contributed by atoms with Crippen LogP contribution in [0.3, 0.4) is 0 Å². The molecule has 0 bridgehead atoms. The molecule has 0 aliphatic heterocycles. The van der Waals surface area contributed by atoms with Crippen molar-refractivity contribution >= 4 is 16.2 Å². The highest BCUT2D eigenvalue weighted by Crippen LogP contribution is 2.02. The number of carboxylic acid groups (broad SMARTS) is 1. The average Bonchev–Trinajstić information content (AvgIpc) is 1.97. The molecule has 0 fully saturated rings. The van der Waals surface area contributed by atoms with Gasteiger partial charge in [0.25, 0.3) is 10.2 Å². The quantitative estimate of drug-likeness (QED) is 0.487. The van der Waals surface area contributed by atoms with Crippen LogP contribution in [0.25, 0.3) is 0 Å². The lowest BCUT2D eigenvalue weighted by atomic mass is 10.1. The third-order valence-corrected chi connectivity index (χ3v) is 2.93. The van der Waals surface area contributed by atoms with Gasteiger partial charge in [0.15, 0.2) is 0 Å². The molecular formula is C8H18N2O5S. The molecule has 0 aromatic carbocycles. The molecule has 0 amide bonds. The molecule has 0 saturated carbocycles. The van der Waals surface area contributed by atoms with Gasteiger partial charge >= 0.3 is 5.97 Å². The largest absolute Gasteiger partial charge is 0.480 e. The first kappa shape index (κ1) is 15.3. The molecule has 0 radical (unpaired) electrons. The van der Waals surface area contributed by atoms with E-state index in [0.717, 1.165) is 0 Å². The summed E-state index contributed by atoms with van der Waals surface area (Å²) < 4.78 is 27.1. The number of rotatable bonds is 6. The molecule has 0 heterocycles. The summed E-state index contributed by atoms with van der Waals surface area (Å²) in [6, 6.07) is -1.33. The summed E-state index contributed by atoms with van der Waals surface area (Å²) in [6.45, 7) is 4.49. The Bertz CT molecular complexity index is 333. The summed E-state index contributed by atoms with van der Waals surface area (Å²) in [5.74, 6) is -1.33. The highest BCUT2D eigenvalue weighted by Gasteiger charge is 2.26. The minimum atomic E-state index is -3.90. The van der Waals surface area contributed by atoms with E-state index in [1.54, 1.807) is 20.8 Å². The molecular weight excluding hydrogens is 236 g/mol. The van der Waals surface area contributed by atoms with Gasteiger partial charge in [-0.2, -0.15) is 17.9 Å². The summed E-state index contributed by atoms with van der Waals surface area (Å²) in [5, 5.41) is 17.3. The lowest BCUT2D eigenvalue weighted by molar-refractivity contribution is -0.139. The van der Waals surface area contributed by atoms with Crippen molar-refractivity contribution in [2.24, 2.45) is 0 Å². The SMILES string of the molecule is CC(C)(C)NS(=O)(=O)N[C@@H](CCO)C(=O)O. The van der Waals surface area contributed by atoms with Crippen molar-refractivity contribution in [3.05, 3.63) is 0 Å². The molecule has 16 heavy (non-hydrogen) atoms. The van der Waals surface area contributed by atoms with Crippen molar-refractivity contribution in [3.8, 4) is 0 Å². The Labute approximate surface area is 95.0 Å². The summed E-state index contributed by atoms with van der Waals surface area (Å²) in [5.41, 5.74) is -0.700. The normalized spacial score (nSPS) is 14.8. The van der Waals surface area contributed by atoms with Gasteiger partial charge in [-0.1, -0.05) is 0 Å². The van der Waals surface area contributed by atoms with E-state index < -0.39 is 34.4 Å². The van der Waals surface area contributed by atoms with Crippen LogP contribution in [-0.4, -0.2) is 42.8 Å². The van der Waals surface area contributed by atoms with Crippen molar-refractivity contribution in [3.63, 3.8) is 0 Å². The van der Waals surface area contributed by atoms with Crippen LogP contribution in [0.2, 0.25) is 0 Å². The Hall–Kier alpha value is -0.700. The third-order valence-electron chi connectivity index (χ3n) is 1.45. The Balaban J connectivity index is 4.61. The molecule has 7 nitrogen and oxygen atoms in total. The molecule has 0 aliphatic carbocycles. The number of hydrogen-bond donors (Lipinski definition) is 4. The summed E-state index contributed by atoms with van der Waals surface area (Å²) in [4.78, 5) is 10.7. The first-order chi connectivity index (χ1) is 7.07. The van der Waals surface area contributed by atoms with Gasteiger partial charge in [-0.25, -0.2) is 0 Å². The number of aliphatic hydroxyl groups excluding tert-OH is 1.